The fourth-order valence-corrected chi connectivity index (χ4v) is 4.57. The van der Waals surface area contributed by atoms with Crippen LogP contribution in [0.4, 0.5) is 10.1 Å². The molecule has 1 amide bonds. The average Bonchev–Trinajstić information content (AvgIpc) is 2.72. The van der Waals surface area contributed by atoms with Gasteiger partial charge in [0.2, 0.25) is 5.91 Å². The van der Waals surface area contributed by atoms with Crippen molar-refractivity contribution < 1.29 is 29.1 Å². The maximum atomic E-state index is 14.1. The molecule has 1 aromatic rings. The van der Waals surface area contributed by atoms with Crippen LogP contribution >= 0.6 is 0 Å². The van der Waals surface area contributed by atoms with Crippen molar-refractivity contribution in [1.82, 2.24) is 4.90 Å². The summed E-state index contributed by atoms with van der Waals surface area (Å²) in [6, 6.07) is 3.61. The van der Waals surface area contributed by atoms with Crippen molar-refractivity contribution in [3.05, 3.63) is 39.7 Å². The fraction of sp³-hybridized carbons (Fsp3) is 0.652. The number of aliphatic hydroxyl groups excluding tert-OH is 1. The van der Waals surface area contributed by atoms with Crippen LogP contribution < -0.4 is 0 Å². The van der Waals surface area contributed by atoms with Gasteiger partial charge < -0.3 is 15.1 Å². The number of nitro groups is 1. The number of rotatable bonds is 13. The zero-order valence-electron chi connectivity index (χ0n) is 18.5. The van der Waals surface area contributed by atoms with E-state index in [0.717, 1.165) is 38.2 Å². The van der Waals surface area contributed by atoms with E-state index in [9.17, 15) is 29.2 Å². The first-order chi connectivity index (χ1) is 15.2. The third-order valence-electron chi connectivity index (χ3n) is 6.18. The van der Waals surface area contributed by atoms with Crippen LogP contribution in [0.2, 0.25) is 0 Å². The van der Waals surface area contributed by atoms with Gasteiger partial charge in [0, 0.05) is 37.9 Å². The average molecular weight is 453 g/mol. The number of aliphatic hydroxyl groups is 1. The molecule has 0 aromatic heterocycles. The van der Waals surface area contributed by atoms with Crippen molar-refractivity contribution >= 4 is 17.6 Å². The summed E-state index contributed by atoms with van der Waals surface area (Å²) < 4.78 is 14.1. The Hall–Kier alpha value is -2.55. The predicted molar refractivity (Wildman–Crippen MR) is 117 cm³/mol. The van der Waals surface area contributed by atoms with E-state index in [2.05, 4.69) is 0 Å². The summed E-state index contributed by atoms with van der Waals surface area (Å²) in [5.74, 6) is -1.47. The van der Waals surface area contributed by atoms with Crippen LogP contribution in [0.5, 0.6) is 0 Å². The minimum absolute atomic E-state index is 0.0412. The molecule has 0 radical (unpaired) electrons. The van der Waals surface area contributed by atoms with E-state index in [4.69, 9.17) is 5.11 Å². The van der Waals surface area contributed by atoms with Gasteiger partial charge >= 0.3 is 5.97 Å². The van der Waals surface area contributed by atoms with Gasteiger partial charge in [-0.25, -0.2) is 4.39 Å². The number of nitro benzene ring substituents is 1. The first-order valence-electron chi connectivity index (χ1n) is 11.3. The highest BCUT2D eigenvalue weighted by atomic mass is 19.1. The number of carbonyl (C=O) groups is 2. The van der Waals surface area contributed by atoms with Crippen molar-refractivity contribution in [2.24, 2.45) is 5.92 Å². The number of unbranched alkanes of at least 4 members (excludes halogenated alkanes) is 3. The number of carboxylic acids is 1. The van der Waals surface area contributed by atoms with Crippen LogP contribution in [0.15, 0.2) is 18.2 Å². The molecule has 8 nitrogen and oxygen atoms in total. The second kappa shape index (κ2) is 12.5. The number of nitrogens with zero attached hydrogens (tertiary/aromatic N) is 2. The summed E-state index contributed by atoms with van der Waals surface area (Å²) in [4.78, 5) is 35.5. The molecule has 178 valence electrons. The molecular weight excluding hydrogens is 419 g/mol. The Morgan fingerprint density at radius 3 is 2.72 bits per heavy atom. The number of hydrogen-bond acceptors (Lipinski definition) is 5. The summed E-state index contributed by atoms with van der Waals surface area (Å²) in [6.07, 6.45) is 4.48. The van der Waals surface area contributed by atoms with Gasteiger partial charge in [-0.15, -0.1) is 0 Å². The Balaban J connectivity index is 1.93. The van der Waals surface area contributed by atoms with Gasteiger partial charge in [0.25, 0.3) is 5.69 Å². The molecule has 0 bridgehead atoms. The second-order valence-electron chi connectivity index (χ2n) is 8.67. The van der Waals surface area contributed by atoms with E-state index >= 15 is 0 Å². The highest BCUT2D eigenvalue weighted by Gasteiger charge is 2.33. The van der Waals surface area contributed by atoms with Crippen LogP contribution in [0.3, 0.4) is 0 Å². The van der Waals surface area contributed by atoms with Gasteiger partial charge in [0.15, 0.2) is 0 Å². The Morgan fingerprint density at radius 1 is 1.31 bits per heavy atom. The zero-order valence-corrected chi connectivity index (χ0v) is 18.5. The Morgan fingerprint density at radius 2 is 2.03 bits per heavy atom. The monoisotopic (exact) mass is 452 g/mol. The number of carboxylic acid groups (broad SMARTS) is 1. The van der Waals surface area contributed by atoms with Crippen LogP contribution in [-0.4, -0.2) is 50.6 Å². The Kier molecular flexibility index (Phi) is 10.0. The van der Waals surface area contributed by atoms with Crippen LogP contribution in [0, 0.1) is 21.8 Å². The normalized spacial score (nSPS) is 18.4. The molecule has 1 aliphatic heterocycles. The van der Waals surface area contributed by atoms with Gasteiger partial charge in [-0.3, -0.25) is 19.7 Å². The topological polar surface area (TPSA) is 121 Å². The lowest BCUT2D eigenvalue weighted by Crippen LogP contribution is -2.48. The van der Waals surface area contributed by atoms with E-state index in [-0.39, 0.29) is 42.0 Å². The maximum absolute atomic E-state index is 14.1. The highest BCUT2D eigenvalue weighted by Crippen LogP contribution is 2.29. The molecule has 0 saturated carbocycles. The smallest absolute Gasteiger partial charge is 0.303 e. The molecule has 1 heterocycles. The summed E-state index contributed by atoms with van der Waals surface area (Å²) in [5.41, 5.74) is -0.441. The second-order valence-corrected chi connectivity index (χ2v) is 8.67. The van der Waals surface area contributed by atoms with Crippen LogP contribution in [-0.2, 0) is 16.0 Å². The predicted octanol–water partition coefficient (Wildman–Crippen LogP) is 4.08. The van der Waals surface area contributed by atoms with Gasteiger partial charge in [-0.05, 0) is 44.1 Å². The number of amides is 1. The third kappa shape index (κ3) is 7.55. The van der Waals surface area contributed by atoms with Crippen molar-refractivity contribution in [3.8, 4) is 0 Å². The molecule has 1 fully saturated rings. The molecular formula is C23H33FN2O6. The van der Waals surface area contributed by atoms with E-state index in [1.807, 2.05) is 11.8 Å². The lowest BCUT2D eigenvalue weighted by molar-refractivity contribution is -0.385. The van der Waals surface area contributed by atoms with Gasteiger partial charge in [0.05, 0.1) is 16.6 Å². The summed E-state index contributed by atoms with van der Waals surface area (Å²) in [5, 5.41) is 30.5. The number of carbonyl (C=O) groups excluding carboxylic acids is 1. The highest BCUT2D eigenvalue weighted by molar-refractivity contribution is 5.77. The summed E-state index contributed by atoms with van der Waals surface area (Å²) >= 11 is 0. The number of likely N-dealkylation sites (tertiary alicyclic amines) is 1. The molecule has 1 aliphatic rings. The van der Waals surface area contributed by atoms with Gasteiger partial charge in [0.1, 0.15) is 5.82 Å². The Labute approximate surface area is 187 Å². The van der Waals surface area contributed by atoms with Crippen molar-refractivity contribution in [3.63, 3.8) is 0 Å². The molecule has 1 unspecified atom stereocenters. The molecule has 2 rings (SSSR count). The fourth-order valence-electron chi connectivity index (χ4n) is 4.57. The minimum atomic E-state index is -0.963. The number of benzene rings is 1. The number of aliphatic carboxylic acids is 1. The zero-order chi connectivity index (χ0) is 23.7. The third-order valence-corrected chi connectivity index (χ3v) is 6.18. The summed E-state index contributed by atoms with van der Waals surface area (Å²) in [6.45, 7) is 2.54. The molecule has 9 heteroatoms. The van der Waals surface area contributed by atoms with Crippen molar-refractivity contribution in [2.75, 3.05) is 6.54 Å². The number of piperidine rings is 1. The lowest BCUT2D eigenvalue weighted by atomic mass is 9.86. The first-order valence-corrected chi connectivity index (χ1v) is 11.3. The quantitative estimate of drug-likeness (QED) is 0.264. The van der Waals surface area contributed by atoms with Gasteiger partial charge in [-0.1, -0.05) is 25.8 Å². The molecule has 3 atom stereocenters. The van der Waals surface area contributed by atoms with Crippen molar-refractivity contribution in [2.45, 2.75) is 83.3 Å². The SMILES string of the molecule is C[C@@H](CC(O)Cc1c(F)cccc1[N+](=O)[O-])[C@H]1CCCC(=O)N1CCCCCCC(=O)O. The van der Waals surface area contributed by atoms with Crippen LogP contribution in [0.25, 0.3) is 0 Å². The standard InChI is InChI=1S/C23H33FN2O6/c1-16(14-17(27)15-18-19(24)8-6-10-21(18)26(31)32)20-9-7-11-22(28)25(20)13-5-3-2-4-12-23(29)30/h6,8,10,16-17,20,27H,2-5,7,9,11-15H2,1H3,(H,29,30)/t16-,17?,20+/m0/s1. The van der Waals surface area contributed by atoms with Crippen molar-refractivity contribution in [1.29, 1.82) is 0 Å². The summed E-state index contributed by atoms with van der Waals surface area (Å²) in [7, 11) is 0. The largest absolute Gasteiger partial charge is 0.481 e. The molecule has 0 spiro atoms. The number of hydrogen-bond donors (Lipinski definition) is 2. The van der Waals surface area contributed by atoms with E-state index < -0.39 is 22.8 Å². The minimum Gasteiger partial charge on any atom is -0.481 e. The maximum Gasteiger partial charge on any atom is 0.303 e. The van der Waals surface area contributed by atoms with E-state index in [0.29, 0.717) is 25.8 Å². The molecule has 0 aliphatic carbocycles. The Bertz CT molecular complexity index is 803. The van der Waals surface area contributed by atoms with Crippen LogP contribution in [0.1, 0.15) is 70.3 Å². The van der Waals surface area contributed by atoms with E-state index in [1.54, 1.807) is 0 Å². The number of halogens is 1. The molecule has 2 N–H and O–H groups in total. The lowest BCUT2D eigenvalue weighted by Gasteiger charge is -2.40. The molecule has 1 saturated heterocycles. The van der Waals surface area contributed by atoms with E-state index in [1.165, 1.54) is 12.1 Å². The molecule has 1 aromatic carbocycles. The molecule has 32 heavy (non-hydrogen) atoms. The first kappa shape index (κ1) is 25.7. The van der Waals surface area contributed by atoms with Gasteiger partial charge in [-0.2, -0.15) is 0 Å².